The second kappa shape index (κ2) is 8.35. The predicted octanol–water partition coefficient (Wildman–Crippen LogP) is 4.40. The van der Waals surface area contributed by atoms with Crippen molar-refractivity contribution in [1.82, 2.24) is 9.88 Å². The fraction of sp³-hybridized carbons (Fsp3) is 0.250. The van der Waals surface area contributed by atoms with E-state index in [9.17, 15) is 4.79 Å². The topological polar surface area (TPSA) is 48.5 Å². The Morgan fingerprint density at radius 2 is 1.55 bits per heavy atom. The van der Waals surface area contributed by atoms with Gasteiger partial charge in [0.15, 0.2) is 0 Å². The normalized spacial score (nSPS) is 14.0. The molecule has 1 fully saturated rings. The molecule has 29 heavy (non-hydrogen) atoms. The number of pyridine rings is 1. The number of aromatic nitrogens is 1. The molecule has 148 valence electrons. The Morgan fingerprint density at radius 3 is 2.17 bits per heavy atom. The van der Waals surface area contributed by atoms with Gasteiger partial charge in [-0.05, 0) is 49.2 Å². The van der Waals surface area contributed by atoms with Crippen molar-refractivity contribution in [2.75, 3.05) is 36.4 Å². The van der Waals surface area contributed by atoms with Crippen molar-refractivity contribution in [2.45, 2.75) is 13.8 Å². The maximum Gasteiger partial charge on any atom is 0.272 e. The molecule has 0 unspecified atom stereocenters. The number of rotatable bonds is 4. The third kappa shape index (κ3) is 4.24. The first kappa shape index (κ1) is 19.0. The Kier molecular flexibility index (Phi) is 5.47. The highest BCUT2D eigenvalue weighted by Gasteiger charge is 2.23. The fourth-order valence-corrected chi connectivity index (χ4v) is 3.72. The molecule has 0 saturated carbocycles. The number of nitrogens with one attached hydrogen (secondary N) is 1. The van der Waals surface area contributed by atoms with E-state index in [1.165, 1.54) is 16.8 Å². The van der Waals surface area contributed by atoms with Gasteiger partial charge in [0.05, 0.1) is 11.9 Å². The largest absolute Gasteiger partial charge is 0.368 e. The first-order valence-corrected chi connectivity index (χ1v) is 10.0. The number of carbonyl (C=O) groups is 1. The number of nitrogens with zero attached hydrogens (tertiary/aromatic N) is 3. The number of carbonyl (C=O) groups excluding carboxylic acids is 1. The molecule has 1 aromatic heterocycles. The SMILES string of the molecule is Cc1cccc(C)c1Nc1ccc(C(=O)N2CCN(c3ccccc3)CC2)nc1. The number of piperazine rings is 1. The zero-order valence-electron chi connectivity index (χ0n) is 16.9. The van der Waals surface area contributed by atoms with Gasteiger partial charge in [0.2, 0.25) is 0 Å². The average Bonchev–Trinajstić information content (AvgIpc) is 2.77. The Morgan fingerprint density at radius 1 is 0.862 bits per heavy atom. The summed E-state index contributed by atoms with van der Waals surface area (Å²) in [7, 11) is 0. The van der Waals surface area contributed by atoms with Crippen molar-refractivity contribution >= 4 is 23.0 Å². The number of hydrogen-bond acceptors (Lipinski definition) is 4. The lowest BCUT2D eigenvalue weighted by molar-refractivity contribution is 0.0741. The zero-order valence-corrected chi connectivity index (χ0v) is 16.9. The maximum atomic E-state index is 12.8. The van der Waals surface area contributed by atoms with Crippen molar-refractivity contribution in [3.63, 3.8) is 0 Å². The Hall–Kier alpha value is -3.34. The summed E-state index contributed by atoms with van der Waals surface area (Å²) >= 11 is 0. The minimum atomic E-state index is -0.00339. The van der Waals surface area contributed by atoms with E-state index in [1.54, 1.807) is 6.20 Å². The van der Waals surface area contributed by atoms with Crippen LogP contribution in [0.4, 0.5) is 17.1 Å². The number of hydrogen-bond donors (Lipinski definition) is 1. The van der Waals surface area contributed by atoms with Crippen LogP contribution in [0.25, 0.3) is 0 Å². The number of benzene rings is 2. The molecular formula is C24H26N4O. The van der Waals surface area contributed by atoms with Gasteiger partial charge in [-0.3, -0.25) is 4.79 Å². The maximum absolute atomic E-state index is 12.8. The van der Waals surface area contributed by atoms with E-state index in [2.05, 4.69) is 53.3 Å². The summed E-state index contributed by atoms with van der Waals surface area (Å²) < 4.78 is 0. The van der Waals surface area contributed by atoms with E-state index in [0.717, 1.165) is 24.5 Å². The Labute approximate surface area is 172 Å². The van der Waals surface area contributed by atoms with Crippen LogP contribution in [0.1, 0.15) is 21.6 Å². The van der Waals surface area contributed by atoms with Crippen molar-refractivity contribution < 1.29 is 4.79 Å². The second-order valence-corrected chi connectivity index (χ2v) is 7.44. The van der Waals surface area contributed by atoms with Crippen LogP contribution in [-0.2, 0) is 0 Å². The van der Waals surface area contributed by atoms with Gasteiger partial charge in [-0.2, -0.15) is 0 Å². The first-order chi connectivity index (χ1) is 14.1. The smallest absolute Gasteiger partial charge is 0.272 e. The molecular weight excluding hydrogens is 360 g/mol. The van der Waals surface area contributed by atoms with Gasteiger partial charge in [-0.15, -0.1) is 0 Å². The molecule has 2 heterocycles. The van der Waals surface area contributed by atoms with E-state index >= 15 is 0 Å². The van der Waals surface area contributed by atoms with E-state index < -0.39 is 0 Å². The number of para-hydroxylation sites is 2. The summed E-state index contributed by atoms with van der Waals surface area (Å²) in [4.78, 5) is 21.5. The molecule has 0 radical (unpaired) electrons. The molecule has 0 atom stereocenters. The Balaban J connectivity index is 1.39. The summed E-state index contributed by atoms with van der Waals surface area (Å²) in [6, 6.07) is 20.3. The number of aryl methyl sites for hydroxylation is 2. The van der Waals surface area contributed by atoms with Gasteiger partial charge in [-0.25, -0.2) is 4.98 Å². The van der Waals surface area contributed by atoms with Crippen molar-refractivity contribution in [1.29, 1.82) is 0 Å². The summed E-state index contributed by atoms with van der Waals surface area (Å²) in [5.41, 5.74) is 6.03. The van der Waals surface area contributed by atoms with Gasteiger partial charge >= 0.3 is 0 Å². The standard InChI is InChI=1S/C24H26N4O/c1-18-7-6-8-19(2)23(18)26-20-11-12-22(25-17-20)24(29)28-15-13-27(14-16-28)21-9-4-3-5-10-21/h3-12,17,26H,13-16H2,1-2H3. The summed E-state index contributed by atoms with van der Waals surface area (Å²) in [6.07, 6.45) is 1.74. The van der Waals surface area contributed by atoms with Gasteiger partial charge in [-0.1, -0.05) is 36.4 Å². The van der Waals surface area contributed by atoms with E-state index in [1.807, 2.05) is 41.3 Å². The van der Waals surface area contributed by atoms with Crippen LogP contribution in [-0.4, -0.2) is 42.0 Å². The van der Waals surface area contributed by atoms with Crippen LogP contribution in [0.5, 0.6) is 0 Å². The Bertz CT molecular complexity index is 957. The second-order valence-electron chi connectivity index (χ2n) is 7.44. The number of anilines is 3. The van der Waals surface area contributed by atoms with Crippen LogP contribution < -0.4 is 10.2 Å². The molecule has 1 N–H and O–H groups in total. The van der Waals surface area contributed by atoms with Crippen LogP contribution in [0.3, 0.4) is 0 Å². The van der Waals surface area contributed by atoms with Crippen molar-refractivity contribution in [3.8, 4) is 0 Å². The zero-order chi connectivity index (χ0) is 20.2. The summed E-state index contributed by atoms with van der Waals surface area (Å²) in [6.45, 7) is 7.24. The molecule has 4 rings (SSSR count). The molecule has 1 amide bonds. The molecule has 0 aliphatic carbocycles. The van der Waals surface area contributed by atoms with Crippen molar-refractivity contribution in [3.05, 3.63) is 83.7 Å². The highest BCUT2D eigenvalue weighted by atomic mass is 16.2. The molecule has 5 nitrogen and oxygen atoms in total. The van der Waals surface area contributed by atoms with Crippen LogP contribution in [0, 0.1) is 13.8 Å². The fourth-order valence-electron chi connectivity index (χ4n) is 3.72. The lowest BCUT2D eigenvalue weighted by atomic mass is 10.1. The number of amides is 1. The van der Waals surface area contributed by atoms with Crippen LogP contribution >= 0.6 is 0 Å². The third-order valence-corrected chi connectivity index (χ3v) is 5.42. The lowest BCUT2D eigenvalue weighted by Crippen LogP contribution is -2.49. The molecule has 3 aromatic rings. The molecule has 0 spiro atoms. The molecule has 1 saturated heterocycles. The first-order valence-electron chi connectivity index (χ1n) is 10.0. The van der Waals surface area contributed by atoms with E-state index in [4.69, 9.17) is 0 Å². The molecule has 0 bridgehead atoms. The van der Waals surface area contributed by atoms with Gasteiger partial charge < -0.3 is 15.1 Å². The molecule has 5 heteroatoms. The van der Waals surface area contributed by atoms with Crippen molar-refractivity contribution in [2.24, 2.45) is 0 Å². The van der Waals surface area contributed by atoms with Gasteiger partial charge in [0.1, 0.15) is 5.69 Å². The van der Waals surface area contributed by atoms with E-state index in [0.29, 0.717) is 18.8 Å². The molecule has 2 aromatic carbocycles. The monoisotopic (exact) mass is 386 g/mol. The van der Waals surface area contributed by atoms with Gasteiger partial charge in [0, 0.05) is 37.6 Å². The highest BCUT2D eigenvalue weighted by Crippen LogP contribution is 2.24. The molecule has 1 aliphatic rings. The minimum Gasteiger partial charge on any atom is -0.368 e. The third-order valence-electron chi connectivity index (χ3n) is 5.42. The highest BCUT2D eigenvalue weighted by molar-refractivity contribution is 5.92. The van der Waals surface area contributed by atoms with Crippen LogP contribution in [0.15, 0.2) is 66.9 Å². The van der Waals surface area contributed by atoms with Crippen LogP contribution in [0.2, 0.25) is 0 Å². The molecule has 1 aliphatic heterocycles. The lowest BCUT2D eigenvalue weighted by Gasteiger charge is -2.36. The quantitative estimate of drug-likeness (QED) is 0.722. The average molecular weight is 386 g/mol. The minimum absolute atomic E-state index is 0.00339. The summed E-state index contributed by atoms with van der Waals surface area (Å²) in [5.74, 6) is -0.00339. The van der Waals surface area contributed by atoms with Gasteiger partial charge in [0.25, 0.3) is 5.91 Å². The predicted molar refractivity (Wildman–Crippen MR) is 118 cm³/mol. The van der Waals surface area contributed by atoms with E-state index in [-0.39, 0.29) is 5.91 Å². The summed E-state index contributed by atoms with van der Waals surface area (Å²) in [5, 5.41) is 3.42.